The molecular formula is C12H21NO3. The van der Waals surface area contributed by atoms with Crippen LogP contribution in [0.1, 0.15) is 32.6 Å². The standard InChI is InChI=1S/C12H21NO3/c1-10(14)9-12(15)13(2)6-3-11-4-7-16-8-5-11/h11H,3-9H2,1-2H3. The second kappa shape index (κ2) is 6.63. The van der Waals surface area contributed by atoms with Crippen LogP contribution in [0.25, 0.3) is 0 Å². The van der Waals surface area contributed by atoms with Gasteiger partial charge in [0.15, 0.2) is 0 Å². The van der Waals surface area contributed by atoms with Gasteiger partial charge in [-0.05, 0) is 32.1 Å². The Hall–Kier alpha value is -0.900. The second-order valence-electron chi connectivity index (χ2n) is 4.54. The summed E-state index contributed by atoms with van der Waals surface area (Å²) >= 11 is 0. The van der Waals surface area contributed by atoms with Gasteiger partial charge in [0.1, 0.15) is 5.78 Å². The van der Waals surface area contributed by atoms with E-state index < -0.39 is 0 Å². The number of Topliss-reactive ketones (excluding diaryl/α,β-unsaturated/α-hetero) is 1. The second-order valence-corrected chi connectivity index (χ2v) is 4.54. The Balaban J connectivity index is 2.20. The lowest BCUT2D eigenvalue weighted by molar-refractivity contribution is -0.133. The van der Waals surface area contributed by atoms with Gasteiger partial charge in [0.2, 0.25) is 5.91 Å². The van der Waals surface area contributed by atoms with Crippen LogP contribution in [0, 0.1) is 5.92 Å². The van der Waals surface area contributed by atoms with E-state index in [-0.39, 0.29) is 18.1 Å². The van der Waals surface area contributed by atoms with Gasteiger partial charge in [0, 0.05) is 26.8 Å². The maximum atomic E-state index is 11.5. The number of carbonyl (C=O) groups excluding carboxylic acids is 2. The largest absolute Gasteiger partial charge is 0.381 e. The Morgan fingerprint density at radius 2 is 1.94 bits per heavy atom. The summed E-state index contributed by atoms with van der Waals surface area (Å²) in [6, 6.07) is 0. The minimum atomic E-state index is -0.0699. The summed E-state index contributed by atoms with van der Waals surface area (Å²) in [7, 11) is 1.77. The number of ketones is 1. The molecule has 1 aliphatic heterocycles. The average Bonchev–Trinajstić information content (AvgIpc) is 2.26. The van der Waals surface area contributed by atoms with E-state index in [2.05, 4.69) is 0 Å². The Kier molecular flexibility index (Phi) is 5.46. The van der Waals surface area contributed by atoms with E-state index >= 15 is 0 Å². The molecule has 1 rings (SSSR count). The van der Waals surface area contributed by atoms with Crippen molar-refractivity contribution in [3.63, 3.8) is 0 Å². The molecule has 0 atom stereocenters. The Bertz CT molecular complexity index is 247. The van der Waals surface area contributed by atoms with Crippen molar-refractivity contribution in [2.45, 2.75) is 32.6 Å². The number of hydrogen-bond donors (Lipinski definition) is 0. The molecule has 0 spiro atoms. The summed E-state index contributed by atoms with van der Waals surface area (Å²) in [5.41, 5.74) is 0. The molecular weight excluding hydrogens is 206 g/mol. The lowest BCUT2D eigenvalue weighted by atomic mass is 9.96. The van der Waals surface area contributed by atoms with Crippen molar-refractivity contribution in [1.82, 2.24) is 4.90 Å². The summed E-state index contributed by atoms with van der Waals surface area (Å²) in [6.07, 6.45) is 3.23. The number of carbonyl (C=O) groups is 2. The molecule has 1 fully saturated rings. The summed E-state index contributed by atoms with van der Waals surface area (Å²) in [6.45, 7) is 3.88. The van der Waals surface area contributed by atoms with Crippen LogP contribution in [-0.2, 0) is 14.3 Å². The zero-order chi connectivity index (χ0) is 12.0. The molecule has 0 bridgehead atoms. The van der Waals surface area contributed by atoms with E-state index in [9.17, 15) is 9.59 Å². The Morgan fingerprint density at radius 1 is 1.31 bits per heavy atom. The van der Waals surface area contributed by atoms with Gasteiger partial charge in [-0.15, -0.1) is 0 Å². The molecule has 1 heterocycles. The van der Waals surface area contributed by atoms with Crippen molar-refractivity contribution in [2.24, 2.45) is 5.92 Å². The minimum absolute atomic E-state index is 0.0320. The van der Waals surface area contributed by atoms with Gasteiger partial charge in [0.05, 0.1) is 6.42 Å². The predicted molar refractivity (Wildman–Crippen MR) is 61.1 cm³/mol. The summed E-state index contributed by atoms with van der Waals surface area (Å²) < 4.78 is 5.28. The first-order valence-electron chi connectivity index (χ1n) is 5.90. The number of hydrogen-bond acceptors (Lipinski definition) is 3. The first kappa shape index (κ1) is 13.2. The fourth-order valence-electron chi connectivity index (χ4n) is 1.88. The molecule has 1 saturated heterocycles. The highest BCUT2D eigenvalue weighted by Crippen LogP contribution is 2.18. The van der Waals surface area contributed by atoms with E-state index in [4.69, 9.17) is 4.74 Å². The molecule has 0 radical (unpaired) electrons. The maximum absolute atomic E-state index is 11.5. The van der Waals surface area contributed by atoms with Crippen molar-refractivity contribution in [2.75, 3.05) is 26.8 Å². The summed E-state index contributed by atoms with van der Waals surface area (Å²) in [4.78, 5) is 24.0. The molecule has 0 saturated carbocycles. The van der Waals surface area contributed by atoms with Crippen LogP contribution < -0.4 is 0 Å². The first-order valence-corrected chi connectivity index (χ1v) is 5.90. The molecule has 0 aromatic rings. The topological polar surface area (TPSA) is 46.6 Å². The maximum Gasteiger partial charge on any atom is 0.229 e. The van der Waals surface area contributed by atoms with E-state index in [0.29, 0.717) is 5.92 Å². The molecule has 0 aromatic heterocycles. The third-order valence-electron chi connectivity index (χ3n) is 3.04. The fraction of sp³-hybridized carbons (Fsp3) is 0.833. The zero-order valence-corrected chi connectivity index (χ0v) is 10.2. The molecule has 0 unspecified atom stereocenters. The number of ether oxygens (including phenoxy) is 1. The highest BCUT2D eigenvalue weighted by atomic mass is 16.5. The van der Waals surface area contributed by atoms with Gasteiger partial charge in [-0.2, -0.15) is 0 Å². The molecule has 0 aromatic carbocycles. The van der Waals surface area contributed by atoms with Gasteiger partial charge in [0.25, 0.3) is 0 Å². The van der Waals surface area contributed by atoms with Crippen LogP contribution >= 0.6 is 0 Å². The van der Waals surface area contributed by atoms with Crippen LogP contribution in [0.15, 0.2) is 0 Å². The van der Waals surface area contributed by atoms with Crippen LogP contribution in [0.4, 0.5) is 0 Å². The molecule has 16 heavy (non-hydrogen) atoms. The van der Waals surface area contributed by atoms with E-state index in [0.717, 1.165) is 39.0 Å². The van der Waals surface area contributed by atoms with Gasteiger partial charge >= 0.3 is 0 Å². The van der Waals surface area contributed by atoms with Gasteiger partial charge in [-0.25, -0.2) is 0 Å². The van der Waals surface area contributed by atoms with Crippen molar-refractivity contribution >= 4 is 11.7 Å². The average molecular weight is 227 g/mol. The zero-order valence-electron chi connectivity index (χ0n) is 10.2. The Morgan fingerprint density at radius 3 is 2.50 bits per heavy atom. The van der Waals surface area contributed by atoms with Gasteiger partial charge in [-0.1, -0.05) is 0 Å². The van der Waals surface area contributed by atoms with Crippen molar-refractivity contribution in [1.29, 1.82) is 0 Å². The van der Waals surface area contributed by atoms with Crippen LogP contribution in [0.2, 0.25) is 0 Å². The smallest absolute Gasteiger partial charge is 0.229 e. The third kappa shape index (κ3) is 4.75. The molecule has 1 amide bonds. The van der Waals surface area contributed by atoms with Crippen molar-refractivity contribution < 1.29 is 14.3 Å². The van der Waals surface area contributed by atoms with E-state index in [1.54, 1.807) is 11.9 Å². The lowest BCUT2D eigenvalue weighted by Crippen LogP contribution is -2.31. The quantitative estimate of drug-likeness (QED) is 0.664. The molecule has 1 aliphatic rings. The molecule has 92 valence electrons. The Labute approximate surface area is 96.9 Å². The number of amides is 1. The number of nitrogens with zero attached hydrogens (tertiary/aromatic N) is 1. The van der Waals surface area contributed by atoms with Gasteiger partial charge < -0.3 is 9.64 Å². The monoisotopic (exact) mass is 227 g/mol. The molecule has 4 heteroatoms. The number of rotatable bonds is 5. The van der Waals surface area contributed by atoms with Crippen molar-refractivity contribution in [3.05, 3.63) is 0 Å². The highest BCUT2D eigenvalue weighted by molar-refractivity contribution is 5.96. The summed E-state index contributed by atoms with van der Waals surface area (Å²) in [5.74, 6) is 0.531. The lowest BCUT2D eigenvalue weighted by Gasteiger charge is -2.24. The SMILES string of the molecule is CC(=O)CC(=O)N(C)CCC1CCOCC1. The van der Waals surface area contributed by atoms with Gasteiger partial charge in [-0.3, -0.25) is 9.59 Å². The van der Waals surface area contributed by atoms with Crippen LogP contribution in [-0.4, -0.2) is 43.4 Å². The van der Waals surface area contributed by atoms with Crippen molar-refractivity contribution in [3.8, 4) is 0 Å². The van der Waals surface area contributed by atoms with Crippen LogP contribution in [0.3, 0.4) is 0 Å². The first-order chi connectivity index (χ1) is 7.59. The molecule has 4 nitrogen and oxygen atoms in total. The van der Waals surface area contributed by atoms with Crippen LogP contribution in [0.5, 0.6) is 0 Å². The van der Waals surface area contributed by atoms with E-state index in [1.165, 1.54) is 6.92 Å². The fourth-order valence-corrected chi connectivity index (χ4v) is 1.88. The molecule has 0 aliphatic carbocycles. The minimum Gasteiger partial charge on any atom is -0.381 e. The van der Waals surface area contributed by atoms with E-state index in [1.807, 2.05) is 0 Å². The molecule has 0 N–H and O–H groups in total. The highest BCUT2D eigenvalue weighted by Gasteiger charge is 2.16. The predicted octanol–water partition coefficient (Wildman–Crippen LogP) is 1.24. The normalized spacial score (nSPS) is 17.1. The summed E-state index contributed by atoms with van der Waals surface area (Å²) in [5, 5.41) is 0. The third-order valence-corrected chi connectivity index (χ3v) is 3.04.